The Morgan fingerprint density at radius 1 is 1.23 bits per heavy atom. The van der Waals surface area contributed by atoms with Crippen LogP contribution >= 0.6 is 11.3 Å². The molecule has 0 fully saturated rings. The van der Waals surface area contributed by atoms with Gasteiger partial charge in [0.1, 0.15) is 5.01 Å². The highest BCUT2D eigenvalue weighted by molar-refractivity contribution is 7.18. The minimum Gasteiger partial charge on any atom is -0.408 e. The molecule has 4 aromatic rings. The second-order valence-corrected chi connectivity index (χ2v) is 6.85. The highest BCUT2D eigenvalue weighted by Crippen LogP contribution is 2.28. The molecule has 0 aliphatic rings. The Labute approximate surface area is 151 Å². The summed E-state index contributed by atoms with van der Waals surface area (Å²) < 4.78 is 7.52. The number of carbonyl (C=O) groups is 1. The predicted octanol–water partition coefficient (Wildman–Crippen LogP) is 3.47. The molecule has 0 N–H and O–H groups in total. The molecule has 26 heavy (non-hydrogen) atoms. The van der Waals surface area contributed by atoms with Crippen molar-refractivity contribution in [2.24, 2.45) is 0 Å². The van der Waals surface area contributed by atoms with E-state index in [0.717, 1.165) is 10.2 Å². The van der Waals surface area contributed by atoms with Crippen LogP contribution in [0.25, 0.3) is 21.3 Å². The Balaban J connectivity index is 1.57. The molecule has 0 bridgehead atoms. The van der Waals surface area contributed by atoms with Crippen molar-refractivity contribution in [3.8, 4) is 6.07 Å². The molecule has 7 heteroatoms. The van der Waals surface area contributed by atoms with Gasteiger partial charge in [0.25, 0.3) is 0 Å². The highest BCUT2D eigenvalue weighted by atomic mass is 32.1. The van der Waals surface area contributed by atoms with Gasteiger partial charge in [0, 0.05) is 13.0 Å². The second kappa shape index (κ2) is 6.58. The number of nitriles is 1. The summed E-state index contributed by atoms with van der Waals surface area (Å²) in [4.78, 5) is 29.0. The lowest BCUT2D eigenvalue weighted by Crippen LogP contribution is -2.19. The first-order chi connectivity index (χ1) is 12.7. The van der Waals surface area contributed by atoms with E-state index in [-0.39, 0.29) is 18.7 Å². The molecule has 0 saturated heterocycles. The number of thiazole rings is 1. The third kappa shape index (κ3) is 2.80. The Morgan fingerprint density at radius 3 is 2.81 bits per heavy atom. The van der Waals surface area contributed by atoms with Gasteiger partial charge in [-0.25, -0.2) is 9.78 Å². The van der Waals surface area contributed by atoms with Crippen molar-refractivity contribution in [2.75, 3.05) is 0 Å². The van der Waals surface area contributed by atoms with E-state index >= 15 is 0 Å². The lowest BCUT2D eigenvalue weighted by Gasteiger charge is -2.05. The predicted molar refractivity (Wildman–Crippen MR) is 98.1 cm³/mol. The highest BCUT2D eigenvalue weighted by Gasteiger charge is 2.24. The number of hydrogen-bond acceptors (Lipinski definition) is 6. The number of nitrogens with zero attached hydrogens (tertiary/aromatic N) is 3. The zero-order chi connectivity index (χ0) is 18.1. The summed E-state index contributed by atoms with van der Waals surface area (Å²) in [7, 11) is 0. The SMILES string of the molecule is N#C[C@H](C(=O)CCn1c(=O)oc2ccccc21)c1nc2ccccc2s1. The van der Waals surface area contributed by atoms with Gasteiger partial charge in [0.2, 0.25) is 0 Å². The first-order valence-corrected chi connectivity index (χ1v) is 8.85. The molecular formula is C19H13N3O3S. The topological polar surface area (TPSA) is 88.9 Å². The monoisotopic (exact) mass is 363 g/mol. The van der Waals surface area contributed by atoms with Crippen molar-refractivity contribution in [2.45, 2.75) is 18.9 Å². The molecule has 0 amide bonds. The number of Topliss-reactive ketones (excluding diaryl/α,β-unsaturated/α-hetero) is 1. The van der Waals surface area contributed by atoms with E-state index in [1.807, 2.05) is 30.3 Å². The van der Waals surface area contributed by atoms with Crippen LogP contribution in [-0.2, 0) is 11.3 Å². The van der Waals surface area contributed by atoms with E-state index in [9.17, 15) is 14.9 Å². The number of para-hydroxylation sites is 3. The number of fused-ring (bicyclic) bond motifs is 2. The molecule has 0 aliphatic heterocycles. The van der Waals surface area contributed by atoms with Crippen molar-refractivity contribution in [1.82, 2.24) is 9.55 Å². The largest absolute Gasteiger partial charge is 0.419 e. The molecule has 6 nitrogen and oxygen atoms in total. The maximum absolute atomic E-state index is 12.6. The lowest BCUT2D eigenvalue weighted by atomic mass is 10.0. The summed E-state index contributed by atoms with van der Waals surface area (Å²) >= 11 is 1.35. The normalized spacial score (nSPS) is 12.3. The number of benzene rings is 2. The fraction of sp³-hybridized carbons (Fsp3) is 0.158. The van der Waals surface area contributed by atoms with Crippen LogP contribution in [0.15, 0.2) is 57.7 Å². The van der Waals surface area contributed by atoms with Crippen LogP contribution in [-0.4, -0.2) is 15.3 Å². The zero-order valence-electron chi connectivity index (χ0n) is 13.6. The van der Waals surface area contributed by atoms with Gasteiger partial charge in [-0.15, -0.1) is 11.3 Å². The Morgan fingerprint density at radius 2 is 2.00 bits per heavy atom. The molecule has 0 aliphatic carbocycles. The zero-order valence-corrected chi connectivity index (χ0v) is 14.4. The number of hydrogen-bond donors (Lipinski definition) is 0. The van der Waals surface area contributed by atoms with Gasteiger partial charge in [-0.2, -0.15) is 5.26 Å². The van der Waals surface area contributed by atoms with Crippen LogP contribution in [0.1, 0.15) is 17.3 Å². The molecule has 4 rings (SSSR count). The van der Waals surface area contributed by atoms with Crippen molar-refractivity contribution < 1.29 is 9.21 Å². The Kier molecular flexibility index (Phi) is 4.11. The minimum atomic E-state index is -0.929. The van der Waals surface area contributed by atoms with Crippen molar-refractivity contribution in [3.63, 3.8) is 0 Å². The number of ketones is 1. The fourth-order valence-corrected chi connectivity index (χ4v) is 3.91. The molecule has 0 unspecified atom stereocenters. The maximum Gasteiger partial charge on any atom is 0.419 e. The number of aryl methyl sites for hydroxylation is 1. The summed E-state index contributed by atoms with van der Waals surface area (Å²) in [6, 6.07) is 16.6. The standard InChI is InChI=1S/C19H13N3O3S/c20-11-12(18-21-13-5-1-4-8-17(13)26-18)15(23)9-10-22-14-6-2-3-7-16(14)25-19(22)24/h1-8,12H,9-10H2/t12-/m1/s1. The molecule has 0 saturated carbocycles. The first-order valence-electron chi connectivity index (χ1n) is 8.03. The molecule has 2 aromatic carbocycles. The van der Waals surface area contributed by atoms with E-state index < -0.39 is 11.7 Å². The second-order valence-electron chi connectivity index (χ2n) is 5.79. The van der Waals surface area contributed by atoms with Gasteiger partial charge in [0.05, 0.1) is 21.8 Å². The van der Waals surface area contributed by atoms with Crippen LogP contribution in [0.4, 0.5) is 0 Å². The van der Waals surface area contributed by atoms with Crippen molar-refractivity contribution in [3.05, 3.63) is 64.1 Å². The average Bonchev–Trinajstić information content (AvgIpc) is 3.20. The third-order valence-corrected chi connectivity index (χ3v) is 5.27. The lowest BCUT2D eigenvalue weighted by molar-refractivity contribution is -0.119. The van der Waals surface area contributed by atoms with Crippen molar-refractivity contribution in [1.29, 1.82) is 5.26 Å². The quantitative estimate of drug-likeness (QED) is 0.542. The van der Waals surface area contributed by atoms with E-state index in [1.54, 1.807) is 24.3 Å². The number of oxazole rings is 1. The third-order valence-electron chi connectivity index (χ3n) is 4.16. The fourth-order valence-electron chi connectivity index (χ4n) is 2.87. The van der Waals surface area contributed by atoms with Gasteiger partial charge in [-0.1, -0.05) is 24.3 Å². The van der Waals surface area contributed by atoms with Crippen LogP contribution in [0.3, 0.4) is 0 Å². The van der Waals surface area contributed by atoms with E-state index in [0.29, 0.717) is 16.1 Å². The summed E-state index contributed by atoms with van der Waals surface area (Å²) in [5.74, 6) is -1.70. The van der Waals surface area contributed by atoms with Crippen LogP contribution in [0.2, 0.25) is 0 Å². The van der Waals surface area contributed by atoms with E-state index in [4.69, 9.17) is 4.42 Å². The average molecular weight is 363 g/mol. The van der Waals surface area contributed by atoms with Gasteiger partial charge in [0.15, 0.2) is 17.3 Å². The number of carbonyl (C=O) groups excluding carboxylic acids is 1. The summed E-state index contributed by atoms with van der Waals surface area (Å²) in [6.07, 6.45) is 0.0532. The van der Waals surface area contributed by atoms with Gasteiger partial charge in [-0.05, 0) is 24.3 Å². The smallest absolute Gasteiger partial charge is 0.408 e. The molecule has 1 atom stereocenters. The van der Waals surface area contributed by atoms with Crippen LogP contribution < -0.4 is 5.76 Å². The van der Waals surface area contributed by atoms with E-state index in [2.05, 4.69) is 4.98 Å². The Bertz CT molecular complexity index is 1180. The van der Waals surface area contributed by atoms with Gasteiger partial charge >= 0.3 is 5.76 Å². The molecule has 2 heterocycles. The summed E-state index contributed by atoms with van der Waals surface area (Å²) in [5.41, 5.74) is 1.89. The minimum absolute atomic E-state index is 0.0532. The number of rotatable bonds is 5. The molecular weight excluding hydrogens is 350 g/mol. The number of aromatic nitrogens is 2. The molecule has 128 valence electrons. The molecule has 2 aromatic heterocycles. The first kappa shape index (κ1) is 16.2. The summed E-state index contributed by atoms with van der Waals surface area (Å²) in [5, 5.41) is 9.96. The van der Waals surface area contributed by atoms with Crippen LogP contribution in [0.5, 0.6) is 0 Å². The van der Waals surface area contributed by atoms with E-state index in [1.165, 1.54) is 15.9 Å². The Hall–Kier alpha value is -3.24. The van der Waals surface area contributed by atoms with Crippen LogP contribution in [0, 0.1) is 11.3 Å². The summed E-state index contributed by atoms with van der Waals surface area (Å²) in [6.45, 7) is 0.164. The van der Waals surface area contributed by atoms with Gasteiger partial charge < -0.3 is 4.42 Å². The molecule has 0 radical (unpaired) electrons. The van der Waals surface area contributed by atoms with Crippen molar-refractivity contribution >= 4 is 38.4 Å². The van der Waals surface area contributed by atoms with Gasteiger partial charge in [-0.3, -0.25) is 9.36 Å². The maximum atomic E-state index is 12.6. The molecule has 0 spiro atoms.